The number of benzene rings is 1. The minimum absolute atomic E-state index is 0.134. The van der Waals surface area contributed by atoms with Gasteiger partial charge in [0.1, 0.15) is 11.6 Å². The van der Waals surface area contributed by atoms with Gasteiger partial charge in [0, 0.05) is 12.5 Å². The Morgan fingerprint density at radius 2 is 1.90 bits per heavy atom. The lowest BCUT2D eigenvalue weighted by Crippen LogP contribution is -2.24. The number of nitrogens with zero attached hydrogens (tertiary/aromatic N) is 2. The third kappa shape index (κ3) is 5.81. The van der Waals surface area contributed by atoms with Crippen LogP contribution < -0.4 is 5.32 Å². The molecule has 1 atom stereocenters. The number of halogens is 3. The van der Waals surface area contributed by atoms with Crippen molar-refractivity contribution in [3.63, 3.8) is 0 Å². The van der Waals surface area contributed by atoms with Crippen molar-refractivity contribution in [1.82, 2.24) is 9.97 Å². The summed E-state index contributed by atoms with van der Waals surface area (Å²) in [6, 6.07) is 4.54. The first-order valence-corrected chi connectivity index (χ1v) is 11.9. The second-order valence-corrected chi connectivity index (χ2v) is 9.93. The van der Waals surface area contributed by atoms with Gasteiger partial charge in [0.05, 0.1) is 16.4 Å². The summed E-state index contributed by atoms with van der Waals surface area (Å²) in [5.74, 6) is -0.426. The van der Waals surface area contributed by atoms with Gasteiger partial charge in [-0.25, -0.2) is 18.4 Å². The number of nitrogens with one attached hydrogen (secondary N) is 1. The Kier molecular flexibility index (Phi) is 6.68. The van der Waals surface area contributed by atoms with E-state index in [0.29, 0.717) is 12.2 Å². The molecule has 6 nitrogen and oxygen atoms in total. The zero-order valence-electron chi connectivity index (χ0n) is 17.2. The van der Waals surface area contributed by atoms with Crippen molar-refractivity contribution in [3.05, 3.63) is 47.4 Å². The largest absolute Gasteiger partial charge is 0.417 e. The predicted octanol–water partition coefficient (Wildman–Crippen LogP) is 4.51. The summed E-state index contributed by atoms with van der Waals surface area (Å²) in [6.07, 6.45) is 1.58. The minimum Gasteiger partial charge on any atom is -0.310 e. The molecule has 0 saturated heterocycles. The van der Waals surface area contributed by atoms with E-state index in [9.17, 15) is 26.4 Å². The Labute approximate surface area is 179 Å². The molecule has 1 fully saturated rings. The maximum Gasteiger partial charge on any atom is 0.417 e. The number of rotatable bonds is 6. The van der Waals surface area contributed by atoms with Gasteiger partial charge in [-0.15, -0.1) is 0 Å². The Bertz CT molecular complexity index is 1070. The van der Waals surface area contributed by atoms with Gasteiger partial charge >= 0.3 is 6.18 Å². The fraction of sp³-hybridized carbons (Fsp3) is 0.476. The molecular formula is C21H24F3N3O3S. The summed E-state index contributed by atoms with van der Waals surface area (Å²) in [5.41, 5.74) is -1.12. The third-order valence-electron chi connectivity index (χ3n) is 5.50. The van der Waals surface area contributed by atoms with E-state index in [1.807, 2.05) is 0 Å². The number of hydrogen-bond donors (Lipinski definition) is 1. The SMILES string of the molecule is Cc1nccc(NC(=O)[C@H](CC2CCCC2)c2ccc(S(C)(=O)=O)c(C(F)(F)F)c2)n1. The molecule has 1 aliphatic rings. The zero-order valence-corrected chi connectivity index (χ0v) is 18.1. The van der Waals surface area contributed by atoms with Crippen LogP contribution in [0.4, 0.5) is 19.0 Å². The Morgan fingerprint density at radius 3 is 2.48 bits per heavy atom. The molecule has 31 heavy (non-hydrogen) atoms. The lowest BCUT2D eigenvalue weighted by Gasteiger charge is -2.22. The molecule has 0 radical (unpaired) electrons. The molecule has 0 spiro atoms. The van der Waals surface area contributed by atoms with Crippen molar-refractivity contribution in [2.75, 3.05) is 11.6 Å². The second kappa shape index (κ2) is 8.94. The molecule has 1 amide bonds. The van der Waals surface area contributed by atoms with Crippen molar-refractivity contribution >= 4 is 21.6 Å². The average molecular weight is 456 g/mol. The maximum absolute atomic E-state index is 13.6. The van der Waals surface area contributed by atoms with Crippen LogP contribution in [-0.2, 0) is 20.8 Å². The smallest absolute Gasteiger partial charge is 0.310 e. The highest BCUT2D eigenvalue weighted by molar-refractivity contribution is 7.90. The van der Waals surface area contributed by atoms with Crippen molar-refractivity contribution < 1.29 is 26.4 Å². The number of aryl methyl sites for hydroxylation is 1. The lowest BCUT2D eigenvalue weighted by atomic mass is 9.86. The molecule has 0 aliphatic heterocycles. The quantitative estimate of drug-likeness (QED) is 0.692. The van der Waals surface area contributed by atoms with Crippen LogP contribution in [0.25, 0.3) is 0 Å². The third-order valence-corrected chi connectivity index (χ3v) is 6.65. The van der Waals surface area contributed by atoms with Gasteiger partial charge in [-0.1, -0.05) is 31.7 Å². The summed E-state index contributed by atoms with van der Waals surface area (Å²) in [7, 11) is -4.09. The summed E-state index contributed by atoms with van der Waals surface area (Å²) in [5, 5.41) is 2.67. The zero-order chi connectivity index (χ0) is 22.8. The number of anilines is 1. The molecule has 0 unspecified atom stereocenters. The van der Waals surface area contributed by atoms with Crippen LogP contribution in [0, 0.1) is 12.8 Å². The highest BCUT2D eigenvalue weighted by Gasteiger charge is 2.38. The molecule has 10 heteroatoms. The first-order chi connectivity index (χ1) is 14.4. The number of hydrogen-bond acceptors (Lipinski definition) is 5. The van der Waals surface area contributed by atoms with E-state index in [2.05, 4.69) is 15.3 Å². The van der Waals surface area contributed by atoms with Crippen molar-refractivity contribution in [3.8, 4) is 0 Å². The number of sulfone groups is 1. The lowest BCUT2D eigenvalue weighted by molar-refractivity contribution is -0.140. The van der Waals surface area contributed by atoms with Crippen molar-refractivity contribution in [1.29, 1.82) is 0 Å². The van der Waals surface area contributed by atoms with Crippen LogP contribution in [0.2, 0.25) is 0 Å². The summed E-state index contributed by atoms with van der Waals surface area (Å²) >= 11 is 0. The maximum atomic E-state index is 13.6. The Hall–Kier alpha value is -2.49. The number of alkyl halides is 3. The fourth-order valence-electron chi connectivity index (χ4n) is 4.02. The van der Waals surface area contributed by atoms with Crippen LogP contribution in [0.5, 0.6) is 0 Å². The van der Waals surface area contributed by atoms with Gasteiger partial charge in [0.15, 0.2) is 9.84 Å². The molecule has 3 rings (SSSR count). The van der Waals surface area contributed by atoms with Gasteiger partial charge in [-0.3, -0.25) is 4.79 Å². The highest BCUT2D eigenvalue weighted by Crippen LogP contribution is 2.39. The van der Waals surface area contributed by atoms with Crippen LogP contribution in [0.3, 0.4) is 0 Å². The summed E-state index contributed by atoms with van der Waals surface area (Å²) in [4.78, 5) is 20.4. The van der Waals surface area contributed by atoms with Gasteiger partial charge in [-0.05, 0) is 43.0 Å². The van der Waals surface area contributed by atoms with E-state index in [-0.39, 0.29) is 17.3 Å². The monoisotopic (exact) mass is 455 g/mol. The van der Waals surface area contributed by atoms with Crippen LogP contribution in [0.1, 0.15) is 55.0 Å². The van der Waals surface area contributed by atoms with E-state index in [1.165, 1.54) is 18.3 Å². The molecule has 1 aliphatic carbocycles. The first kappa shape index (κ1) is 23.2. The number of aromatic nitrogens is 2. The normalized spacial score (nSPS) is 16.3. The van der Waals surface area contributed by atoms with Gasteiger partial charge in [0.2, 0.25) is 5.91 Å². The number of carbonyl (C=O) groups excluding carboxylic acids is 1. The van der Waals surface area contributed by atoms with E-state index in [1.54, 1.807) is 6.92 Å². The standard InChI is InChI=1S/C21H24F3N3O3S/c1-13-25-10-9-19(26-13)27-20(28)16(11-14-5-3-4-6-14)15-7-8-18(31(2,29)30)17(12-15)21(22,23)24/h7-10,12,14,16H,3-6,11H2,1-2H3,(H,25,26,27,28)/t16-/m1/s1. The fourth-order valence-corrected chi connectivity index (χ4v) is 4.91. The Balaban J connectivity index is 2.01. The second-order valence-electron chi connectivity index (χ2n) is 7.94. The minimum atomic E-state index is -4.87. The molecule has 168 valence electrons. The molecule has 1 aromatic carbocycles. The molecule has 0 bridgehead atoms. The van der Waals surface area contributed by atoms with E-state index >= 15 is 0 Å². The molecular weight excluding hydrogens is 431 g/mol. The van der Waals surface area contributed by atoms with E-state index in [0.717, 1.165) is 44.1 Å². The molecule has 1 N–H and O–H groups in total. The van der Waals surface area contributed by atoms with Crippen molar-refractivity contribution in [2.45, 2.75) is 56.0 Å². The number of amides is 1. The summed E-state index contributed by atoms with van der Waals surface area (Å²) in [6.45, 7) is 1.66. The highest BCUT2D eigenvalue weighted by atomic mass is 32.2. The number of carbonyl (C=O) groups is 1. The van der Waals surface area contributed by atoms with Crippen molar-refractivity contribution in [2.24, 2.45) is 5.92 Å². The van der Waals surface area contributed by atoms with Crippen LogP contribution in [-0.4, -0.2) is 30.5 Å². The topological polar surface area (TPSA) is 89.0 Å². The molecule has 1 heterocycles. The molecule has 2 aromatic rings. The van der Waals surface area contributed by atoms with E-state index < -0.39 is 38.3 Å². The first-order valence-electron chi connectivity index (χ1n) is 9.97. The van der Waals surface area contributed by atoms with Crippen LogP contribution >= 0.6 is 0 Å². The Morgan fingerprint density at radius 1 is 1.23 bits per heavy atom. The average Bonchev–Trinajstić information content (AvgIpc) is 3.17. The van der Waals surface area contributed by atoms with Gasteiger partial charge in [0.25, 0.3) is 0 Å². The molecule has 1 saturated carbocycles. The predicted molar refractivity (Wildman–Crippen MR) is 109 cm³/mol. The van der Waals surface area contributed by atoms with Gasteiger partial charge in [-0.2, -0.15) is 13.2 Å². The van der Waals surface area contributed by atoms with Gasteiger partial charge < -0.3 is 5.32 Å². The van der Waals surface area contributed by atoms with Crippen LogP contribution in [0.15, 0.2) is 35.4 Å². The summed E-state index contributed by atoms with van der Waals surface area (Å²) < 4.78 is 64.7. The molecule has 1 aromatic heterocycles. The van der Waals surface area contributed by atoms with E-state index in [4.69, 9.17) is 0 Å².